The van der Waals surface area contributed by atoms with Crippen molar-refractivity contribution >= 4 is 27.5 Å². The fourth-order valence-electron chi connectivity index (χ4n) is 5.36. The number of aromatic nitrogens is 2. The normalized spacial score (nSPS) is 26.9. The highest BCUT2D eigenvalue weighted by Gasteiger charge is 2.43. The quantitative estimate of drug-likeness (QED) is 0.596. The third kappa shape index (κ3) is 4.48. The Morgan fingerprint density at radius 2 is 1.88 bits per heavy atom. The van der Waals surface area contributed by atoms with Crippen molar-refractivity contribution in [1.29, 1.82) is 0 Å². The van der Waals surface area contributed by atoms with E-state index in [1.807, 2.05) is 11.0 Å². The number of hydrogen-bond donors (Lipinski definition) is 1. The maximum atomic E-state index is 13.2. The zero-order chi connectivity index (χ0) is 23.9. The van der Waals surface area contributed by atoms with E-state index in [1.54, 1.807) is 24.4 Å². The highest BCUT2D eigenvalue weighted by molar-refractivity contribution is 9.10. The van der Waals surface area contributed by atoms with Crippen LogP contribution in [0.2, 0.25) is 0 Å². The van der Waals surface area contributed by atoms with Crippen molar-refractivity contribution in [3.05, 3.63) is 50.9 Å². The Morgan fingerprint density at radius 3 is 2.58 bits per heavy atom. The van der Waals surface area contributed by atoms with Crippen LogP contribution in [0.5, 0.6) is 0 Å². The summed E-state index contributed by atoms with van der Waals surface area (Å²) in [6, 6.07) is 7.44. The van der Waals surface area contributed by atoms with Gasteiger partial charge >= 0.3 is 0 Å². The van der Waals surface area contributed by atoms with Crippen LogP contribution in [0.15, 0.2) is 39.7 Å². The number of anilines is 1. The predicted molar refractivity (Wildman–Crippen MR) is 136 cm³/mol. The smallest absolute Gasteiger partial charge is 0.287 e. The molecule has 2 heterocycles. The second-order valence-electron chi connectivity index (χ2n) is 10.5. The Hall–Kier alpha value is -2.15. The van der Waals surface area contributed by atoms with Gasteiger partial charge in [-0.2, -0.15) is 9.78 Å². The van der Waals surface area contributed by atoms with Crippen molar-refractivity contribution in [3.63, 3.8) is 0 Å². The lowest BCUT2D eigenvalue weighted by molar-refractivity contribution is 0.0316. The molecular weight excluding hydrogens is 480 g/mol. The third-order valence-electron chi connectivity index (χ3n) is 8.47. The van der Waals surface area contributed by atoms with E-state index in [2.05, 4.69) is 61.0 Å². The van der Waals surface area contributed by atoms with Crippen molar-refractivity contribution in [3.8, 4) is 5.69 Å². The van der Waals surface area contributed by atoms with E-state index in [4.69, 9.17) is 0 Å². The Labute approximate surface area is 204 Å². The predicted octanol–water partition coefficient (Wildman–Crippen LogP) is 5.35. The summed E-state index contributed by atoms with van der Waals surface area (Å²) in [5, 5.41) is 8.05. The van der Waals surface area contributed by atoms with E-state index in [0.717, 1.165) is 38.0 Å². The number of carbonyl (C=O) groups excluding carboxylic acids is 1. The number of likely N-dealkylation sites (tertiary alicyclic amines) is 1. The highest BCUT2D eigenvalue weighted by atomic mass is 79.9. The van der Waals surface area contributed by atoms with E-state index in [0.29, 0.717) is 33.5 Å². The summed E-state index contributed by atoms with van der Waals surface area (Å²) in [4.78, 5) is 27.9. The van der Waals surface area contributed by atoms with Crippen LogP contribution in [0.25, 0.3) is 5.69 Å². The Bertz CT molecular complexity index is 1090. The summed E-state index contributed by atoms with van der Waals surface area (Å²) in [5.74, 6) is 1.61. The molecule has 0 spiro atoms. The Balaban J connectivity index is 1.58. The van der Waals surface area contributed by atoms with E-state index < -0.39 is 0 Å². The first-order valence-corrected chi connectivity index (χ1v) is 12.8. The molecule has 1 aliphatic carbocycles. The molecule has 7 heteroatoms. The zero-order valence-electron chi connectivity index (χ0n) is 20.3. The molecule has 6 nitrogen and oxygen atoms in total. The average Bonchev–Trinajstić information content (AvgIpc) is 3.34. The minimum atomic E-state index is -0.240. The lowest BCUT2D eigenvalue weighted by Gasteiger charge is -2.50. The van der Waals surface area contributed by atoms with Gasteiger partial charge in [0.2, 0.25) is 0 Å². The number of hydrogen-bond acceptors (Lipinski definition) is 4. The molecule has 2 aromatic rings. The summed E-state index contributed by atoms with van der Waals surface area (Å²) in [6.45, 7) is 13.2. The molecule has 1 saturated heterocycles. The maximum absolute atomic E-state index is 13.2. The summed E-state index contributed by atoms with van der Waals surface area (Å²) in [6.07, 6.45) is 4.85. The fraction of sp³-hybridized carbons (Fsp3) is 0.577. The number of nitrogens with zero attached hydrogens (tertiary/aromatic N) is 3. The molecular formula is C26H35BrN4O2. The minimum absolute atomic E-state index is 0.0113. The van der Waals surface area contributed by atoms with Gasteiger partial charge in [-0.25, -0.2) is 0 Å². The second kappa shape index (κ2) is 9.24. The molecule has 0 unspecified atom stereocenters. The third-order valence-corrected chi connectivity index (χ3v) is 9.23. The molecule has 0 bridgehead atoms. The highest BCUT2D eigenvalue weighted by Crippen LogP contribution is 2.48. The van der Waals surface area contributed by atoms with Crippen LogP contribution in [0, 0.1) is 23.2 Å². The molecule has 178 valence electrons. The zero-order valence-corrected chi connectivity index (χ0v) is 21.9. The van der Waals surface area contributed by atoms with E-state index in [-0.39, 0.29) is 22.9 Å². The van der Waals surface area contributed by atoms with Crippen LogP contribution >= 0.6 is 15.9 Å². The van der Waals surface area contributed by atoms with E-state index in [1.165, 1.54) is 4.68 Å². The Morgan fingerprint density at radius 1 is 1.18 bits per heavy atom. The SMILES string of the molecule is C[C@@H]1[C@@H](C)C(C)(C)[C@@H](C)C[C@H]1Nc1cnn(-c2cccc(C(=O)N3CCCC3)c2)c(=O)c1Br. The van der Waals surface area contributed by atoms with Gasteiger partial charge in [0.1, 0.15) is 4.47 Å². The first-order chi connectivity index (χ1) is 15.6. The summed E-state index contributed by atoms with van der Waals surface area (Å²) >= 11 is 3.52. The standard InChI is InChI=1S/C26H35BrN4O2/c1-16-13-21(17(2)18(3)26(16,4)5)29-22-15-28-31(25(33)23(22)27)20-10-8-9-19(14-20)24(32)30-11-6-7-12-30/h8-10,14-18,21,29H,6-7,11-13H2,1-5H3/t16-,17+,18+,21+/m0/s1. The van der Waals surface area contributed by atoms with E-state index >= 15 is 0 Å². The van der Waals surface area contributed by atoms with Crippen LogP contribution in [-0.4, -0.2) is 39.7 Å². The van der Waals surface area contributed by atoms with Crippen LogP contribution in [0.1, 0.15) is 64.2 Å². The monoisotopic (exact) mass is 514 g/mol. The molecule has 1 aromatic heterocycles. The maximum Gasteiger partial charge on any atom is 0.287 e. The van der Waals surface area contributed by atoms with Crippen molar-refractivity contribution < 1.29 is 4.79 Å². The number of rotatable bonds is 4. The van der Waals surface area contributed by atoms with Crippen LogP contribution in [0.3, 0.4) is 0 Å². The van der Waals surface area contributed by atoms with Gasteiger partial charge in [-0.15, -0.1) is 0 Å². The van der Waals surface area contributed by atoms with Crippen LogP contribution in [0.4, 0.5) is 5.69 Å². The number of nitrogens with one attached hydrogen (secondary N) is 1. The number of amides is 1. The molecule has 1 saturated carbocycles. The van der Waals surface area contributed by atoms with Gasteiger partial charge in [-0.1, -0.05) is 40.7 Å². The summed E-state index contributed by atoms with van der Waals surface area (Å²) < 4.78 is 1.82. The molecule has 33 heavy (non-hydrogen) atoms. The number of carbonyl (C=O) groups is 1. The molecule has 0 radical (unpaired) electrons. The van der Waals surface area contributed by atoms with Crippen molar-refractivity contribution in [2.24, 2.45) is 23.2 Å². The first-order valence-electron chi connectivity index (χ1n) is 12.0. The van der Waals surface area contributed by atoms with Gasteiger partial charge in [0.05, 0.1) is 17.6 Å². The molecule has 1 amide bonds. The number of benzene rings is 1. The molecule has 4 atom stereocenters. The van der Waals surface area contributed by atoms with Gasteiger partial charge in [-0.05, 0) is 76.6 Å². The van der Waals surface area contributed by atoms with Gasteiger partial charge in [0.25, 0.3) is 11.5 Å². The molecule has 1 N–H and O–H groups in total. The molecule has 2 fully saturated rings. The topological polar surface area (TPSA) is 67.2 Å². The van der Waals surface area contributed by atoms with Crippen molar-refractivity contribution in [1.82, 2.24) is 14.7 Å². The van der Waals surface area contributed by atoms with Gasteiger partial charge in [0, 0.05) is 24.7 Å². The van der Waals surface area contributed by atoms with Gasteiger partial charge < -0.3 is 10.2 Å². The van der Waals surface area contributed by atoms with Crippen LogP contribution in [-0.2, 0) is 0 Å². The molecule has 1 aromatic carbocycles. The van der Waals surface area contributed by atoms with Gasteiger partial charge in [0.15, 0.2) is 0 Å². The van der Waals surface area contributed by atoms with E-state index in [9.17, 15) is 9.59 Å². The lowest BCUT2D eigenvalue weighted by atomic mass is 9.58. The average molecular weight is 515 g/mol. The van der Waals surface area contributed by atoms with Gasteiger partial charge in [-0.3, -0.25) is 9.59 Å². The Kier molecular flexibility index (Phi) is 6.72. The van der Waals surface area contributed by atoms with Crippen molar-refractivity contribution in [2.45, 2.75) is 59.9 Å². The lowest BCUT2D eigenvalue weighted by Crippen LogP contribution is -2.48. The summed E-state index contributed by atoms with van der Waals surface area (Å²) in [5.41, 5.74) is 1.94. The molecule has 1 aliphatic heterocycles. The summed E-state index contributed by atoms with van der Waals surface area (Å²) in [7, 11) is 0. The molecule has 2 aliphatic rings. The van der Waals surface area contributed by atoms with Crippen molar-refractivity contribution in [2.75, 3.05) is 18.4 Å². The second-order valence-corrected chi connectivity index (χ2v) is 11.3. The van der Waals surface area contributed by atoms with Crippen LogP contribution < -0.4 is 10.9 Å². The number of halogens is 1. The minimum Gasteiger partial charge on any atom is -0.380 e. The first kappa shape index (κ1) is 24.0. The fourth-order valence-corrected chi connectivity index (χ4v) is 5.74. The largest absolute Gasteiger partial charge is 0.380 e. The molecule has 4 rings (SSSR count).